The fourth-order valence-corrected chi connectivity index (χ4v) is 5.61. The van der Waals surface area contributed by atoms with Gasteiger partial charge in [-0.15, -0.1) is 0 Å². The molecule has 4 rings (SSSR count). The molecule has 2 aliphatic heterocycles. The maximum absolute atomic E-state index is 13.4. The monoisotopic (exact) mass is 453 g/mol. The van der Waals surface area contributed by atoms with Gasteiger partial charge in [-0.1, -0.05) is 25.5 Å². The van der Waals surface area contributed by atoms with Crippen LogP contribution in [0.3, 0.4) is 0 Å². The molecule has 33 heavy (non-hydrogen) atoms. The number of imidazole rings is 1. The number of nitrogens with zero attached hydrogens (tertiary/aromatic N) is 3. The molecular formula is C26H39N5O2. The normalized spacial score (nSPS) is 23.3. The lowest BCUT2D eigenvalue weighted by Crippen LogP contribution is -2.51. The summed E-state index contributed by atoms with van der Waals surface area (Å²) in [5, 5.41) is 3.04. The van der Waals surface area contributed by atoms with Crippen molar-refractivity contribution in [3.05, 3.63) is 30.1 Å². The minimum absolute atomic E-state index is 0.0623. The Balaban J connectivity index is 1.23. The number of hydrogen-bond acceptors (Lipinski definition) is 4. The summed E-state index contributed by atoms with van der Waals surface area (Å²) in [6.07, 6.45) is 5.88. The van der Waals surface area contributed by atoms with Crippen molar-refractivity contribution < 1.29 is 9.59 Å². The molecule has 2 fully saturated rings. The Bertz CT molecular complexity index is 929. The number of carbonyl (C=O) groups is 2. The fraction of sp³-hybridized carbons (Fsp3) is 0.654. The summed E-state index contributed by atoms with van der Waals surface area (Å²) in [6.45, 7) is 10.1. The second-order valence-corrected chi connectivity index (χ2v) is 10.3. The summed E-state index contributed by atoms with van der Waals surface area (Å²) in [5.41, 5.74) is 1.72. The van der Waals surface area contributed by atoms with Crippen LogP contribution in [0.5, 0.6) is 0 Å². The van der Waals surface area contributed by atoms with Crippen LogP contribution in [0.4, 0.5) is 0 Å². The average Bonchev–Trinajstić information content (AvgIpc) is 3.14. The Kier molecular flexibility index (Phi) is 7.37. The van der Waals surface area contributed by atoms with Crippen molar-refractivity contribution >= 4 is 22.8 Å². The molecule has 2 amide bonds. The van der Waals surface area contributed by atoms with Gasteiger partial charge in [0.25, 0.3) is 0 Å². The molecule has 0 bridgehead atoms. The molecule has 1 aromatic carbocycles. The molecule has 0 aliphatic carbocycles. The molecule has 2 saturated heterocycles. The van der Waals surface area contributed by atoms with E-state index in [1.165, 1.54) is 0 Å². The number of carbonyl (C=O) groups excluding carboxylic acids is 2. The van der Waals surface area contributed by atoms with Crippen LogP contribution in [-0.4, -0.2) is 70.3 Å². The minimum Gasteiger partial charge on any atom is -0.355 e. The first kappa shape index (κ1) is 23.7. The highest BCUT2D eigenvalue weighted by atomic mass is 16.2. The van der Waals surface area contributed by atoms with Crippen LogP contribution < -0.4 is 5.32 Å². The Labute approximate surface area is 197 Å². The summed E-state index contributed by atoms with van der Waals surface area (Å²) >= 11 is 0. The Morgan fingerprint density at radius 2 is 1.97 bits per heavy atom. The van der Waals surface area contributed by atoms with Crippen molar-refractivity contribution in [3.63, 3.8) is 0 Å². The second kappa shape index (κ2) is 10.2. The lowest BCUT2D eigenvalue weighted by atomic mass is 9.69. The molecule has 1 atom stereocenters. The Morgan fingerprint density at radius 3 is 2.70 bits per heavy atom. The van der Waals surface area contributed by atoms with E-state index in [0.29, 0.717) is 31.3 Å². The van der Waals surface area contributed by atoms with Gasteiger partial charge < -0.3 is 15.2 Å². The molecule has 7 nitrogen and oxygen atoms in total. The van der Waals surface area contributed by atoms with Crippen molar-refractivity contribution in [2.24, 2.45) is 11.3 Å². The average molecular weight is 454 g/mol. The highest BCUT2D eigenvalue weighted by Gasteiger charge is 2.45. The van der Waals surface area contributed by atoms with Gasteiger partial charge in [0.1, 0.15) is 5.82 Å². The molecular weight excluding hydrogens is 414 g/mol. The van der Waals surface area contributed by atoms with E-state index < -0.39 is 0 Å². The quantitative estimate of drug-likeness (QED) is 0.674. The highest BCUT2D eigenvalue weighted by molar-refractivity contribution is 5.83. The van der Waals surface area contributed by atoms with Crippen LogP contribution in [0.2, 0.25) is 0 Å². The van der Waals surface area contributed by atoms with Gasteiger partial charge in [0.05, 0.1) is 17.6 Å². The molecule has 0 saturated carbocycles. The third-order valence-electron chi connectivity index (χ3n) is 7.70. The third kappa shape index (κ3) is 5.40. The topological polar surface area (TPSA) is 81.3 Å². The number of amides is 2. The molecule has 1 aromatic heterocycles. The maximum atomic E-state index is 13.4. The van der Waals surface area contributed by atoms with Crippen LogP contribution in [0, 0.1) is 11.3 Å². The standard InChI is InChI=1S/C26H39N5O2/c1-19(2)31-15-7-6-13-26(3,25(31)33)20-11-16-30(17-12-20)18-24(32)27-14-10-23-28-21-8-4-5-9-22(21)29-23/h4-5,8-9,19-20H,6-7,10-18H2,1-3H3,(H,27,32)(H,28,29). The largest absolute Gasteiger partial charge is 0.355 e. The first-order chi connectivity index (χ1) is 15.9. The number of piperidine rings is 1. The van der Waals surface area contributed by atoms with Crippen molar-refractivity contribution in [1.29, 1.82) is 0 Å². The number of aromatic nitrogens is 2. The number of likely N-dealkylation sites (tertiary alicyclic amines) is 2. The fourth-order valence-electron chi connectivity index (χ4n) is 5.61. The summed E-state index contributed by atoms with van der Waals surface area (Å²) < 4.78 is 0. The zero-order chi connectivity index (χ0) is 23.4. The van der Waals surface area contributed by atoms with E-state index in [-0.39, 0.29) is 17.4 Å². The lowest BCUT2D eigenvalue weighted by Gasteiger charge is -2.43. The van der Waals surface area contributed by atoms with Crippen molar-refractivity contribution in [2.45, 2.75) is 65.3 Å². The number of aromatic amines is 1. The number of rotatable bonds is 7. The molecule has 2 aliphatic rings. The molecule has 0 spiro atoms. The Morgan fingerprint density at radius 1 is 1.21 bits per heavy atom. The zero-order valence-electron chi connectivity index (χ0n) is 20.4. The maximum Gasteiger partial charge on any atom is 0.234 e. The third-order valence-corrected chi connectivity index (χ3v) is 7.70. The molecule has 0 radical (unpaired) electrons. The van der Waals surface area contributed by atoms with Crippen LogP contribution in [0.15, 0.2) is 24.3 Å². The van der Waals surface area contributed by atoms with Gasteiger partial charge >= 0.3 is 0 Å². The van der Waals surface area contributed by atoms with Gasteiger partial charge in [0.2, 0.25) is 11.8 Å². The van der Waals surface area contributed by atoms with Crippen LogP contribution in [-0.2, 0) is 16.0 Å². The van der Waals surface area contributed by atoms with Crippen LogP contribution in [0.1, 0.15) is 58.7 Å². The number of H-pyrrole nitrogens is 1. The first-order valence-corrected chi connectivity index (χ1v) is 12.6. The summed E-state index contributed by atoms with van der Waals surface area (Å²) in [6, 6.07) is 8.22. The van der Waals surface area contributed by atoms with Crippen LogP contribution >= 0.6 is 0 Å². The predicted molar refractivity (Wildman–Crippen MR) is 131 cm³/mol. The molecule has 1 unspecified atom stereocenters. The lowest BCUT2D eigenvalue weighted by molar-refractivity contribution is -0.147. The summed E-state index contributed by atoms with van der Waals surface area (Å²) in [7, 11) is 0. The van der Waals surface area contributed by atoms with Crippen molar-refractivity contribution in [3.8, 4) is 0 Å². The van der Waals surface area contributed by atoms with Crippen molar-refractivity contribution in [2.75, 3.05) is 32.7 Å². The molecule has 180 valence electrons. The zero-order valence-corrected chi connectivity index (χ0v) is 20.4. The predicted octanol–water partition coefficient (Wildman–Crippen LogP) is 3.36. The molecule has 2 aromatic rings. The van der Waals surface area contributed by atoms with E-state index in [2.05, 4.69) is 45.9 Å². The van der Waals surface area contributed by atoms with Gasteiger partial charge in [-0.25, -0.2) is 4.98 Å². The SMILES string of the molecule is CC(C)N1CCCCC(C)(C2CCN(CC(=O)NCCc3nc4ccccc4[nH]3)CC2)C1=O. The van der Waals surface area contributed by atoms with E-state index in [0.717, 1.165) is 68.6 Å². The van der Waals surface area contributed by atoms with E-state index in [1.807, 2.05) is 24.3 Å². The van der Waals surface area contributed by atoms with E-state index in [4.69, 9.17) is 0 Å². The van der Waals surface area contributed by atoms with E-state index in [9.17, 15) is 9.59 Å². The van der Waals surface area contributed by atoms with Gasteiger partial charge in [-0.05, 0) is 70.7 Å². The van der Waals surface area contributed by atoms with E-state index >= 15 is 0 Å². The van der Waals surface area contributed by atoms with Gasteiger partial charge in [-0.3, -0.25) is 14.5 Å². The number of fused-ring (bicyclic) bond motifs is 1. The first-order valence-electron chi connectivity index (χ1n) is 12.6. The minimum atomic E-state index is -0.262. The molecule has 7 heteroatoms. The smallest absolute Gasteiger partial charge is 0.234 e. The van der Waals surface area contributed by atoms with Gasteiger partial charge in [0.15, 0.2) is 0 Å². The van der Waals surface area contributed by atoms with Gasteiger partial charge in [0, 0.05) is 31.0 Å². The number of benzene rings is 1. The van der Waals surface area contributed by atoms with Crippen molar-refractivity contribution in [1.82, 2.24) is 25.1 Å². The second-order valence-electron chi connectivity index (χ2n) is 10.3. The number of hydrogen-bond donors (Lipinski definition) is 2. The van der Waals surface area contributed by atoms with E-state index in [1.54, 1.807) is 0 Å². The van der Waals surface area contributed by atoms with Gasteiger partial charge in [-0.2, -0.15) is 0 Å². The number of para-hydroxylation sites is 2. The number of nitrogens with one attached hydrogen (secondary N) is 2. The highest BCUT2D eigenvalue weighted by Crippen LogP contribution is 2.43. The van der Waals surface area contributed by atoms with Crippen LogP contribution in [0.25, 0.3) is 11.0 Å². The molecule has 3 heterocycles. The Hall–Kier alpha value is -2.41. The summed E-state index contributed by atoms with van der Waals surface area (Å²) in [5.74, 6) is 1.70. The summed E-state index contributed by atoms with van der Waals surface area (Å²) in [4.78, 5) is 38.1. The molecule has 2 N–H and O–H groups in total.